The summed E-state index contributed by atoms with van der Waals surface area (Å²) in [6, 6.07) is 0. The van der Waals surface area contributed by atoms with Crippen LogP contribution in [0.3, 0.4) is 0 Å². The maximum absolute atomic E-state index is 12.2. The third-order valence-corrected chi connectivity index (χ3v) is 4.92. The number of carbonyl (C=O) groups is 1. The van der Waals surface area contributed by atoms with Gasteiger partial charge in [-0.25, -0.2) is 0 Å². The molecule has 1 atom stereocenters. The molecule has 124 valence electrons. The summed E-state index contributed by atoms with van der Waals surface area (Å²) in [7, 11) is 0. The summed E-state index contributed by atoms with van der Waals surface area (Å²) in [5, 5.41) is 6.51. The van der Waals surface area contributed by atoms with Crippen molar-refractivity contribution in [2.75, 3.05) is 32.7 Å². The minimum absolute atomic E-state index is 0. The lowest BCUT2D eigenvalue weighted by Crippen LogP contribution is -2.55. The lowest BCUT2D eigenvalue weighted by atomic mass is 9.93. The molecule has 2 heterocycles. The molecule has 2 N–H and O–H groups in total. The number of amides is 1. The Hall–Kier alpha value is -0.320. The highest BCUT2D eigenvalue weighted by Crippen LogP contribution is 2.23. The lowest BCUT2D eigenvalue weighted by molar-refractivity contribution is -0.126. The number of likely N-dealkylation sites (tertiary alicyclic amines) is 1. The van der Waals surface area contributed by atoms with Crippen molar-refractivity contribution in [1.82, 2.24) is 15.5 Å². The van der Waals surface area contributed by atoms with Crippen molar-refractivity contribution in [3.05, 3.63) is 0 Å². The third kappa shape index (κ3) is 5.42. The molecule has 0 aromatic carbocycles. The zero-order valence-electron chi connectivity index (χ0n) is 13.8. The predicted octanol–water partition coefficient (Wildman–Crippen LogP) is 2.03. The lowest BCUT2D eigenvalue weighted by Gasteiger charge is -2.43. The van der Waals surface area contributed by atoms with Gasteiger partial charge in [-0.3, -0.25) is 9.69 Å². The van der Waals surface area contributed by atoms with E-state index in [2.05, 4.69) is 36.3 Å². The van der Waals surface area contributed by atoms with Gasteiger partial charge in [0.2, 0.25) is 5.91 Å². The van der Waals surface area contributed by atoms with E-state index < -0.39 is 0 Å². The van der Waals surface area contributed by atoms with E-state index in [1.54, 1.807) is 0 Å². The van der Waals surface area contributed by atoms with Gasteiger partial charge in [0, 0.05) is 24.5 Å². The largest absolute Gasteiger partial charge is 0.354 e. The van der Waals surface area contributed by atoms with Crippen molar-refractivity contribution in [3.63, 3.8) is 0 Å². The molecule has 0 radical (unpaired) electrons. The van der Waals surface area contributed by atoms with E-state index in [0.717, 1.165) is 44.9 Å². The first kappa shape index (κ1) is 18.7. The monoisotopic (exact) mass is 317 g/mol. The van der Waals surface area contributed by atoms with Gasteiger partial charge in [0.15, 0.2) is 0 Å². The first-order valence-electron chi connectivity index (χ1n) is 8.22. The minimum atomic E-state index is 0. The summed E-state index contributed by atoms with van der Waals surface area (Å²) < 4.78 is 0. The highest BCUT2D eigenvalue weighted by atomic mass is 35.5. The summed E-state index contributed by atoms with van der Waals surface area (Å²) in [6.45, 7) is 11.9. The quantitative estimate of drug-likeness (QED) is 0.834. The molecule has 0 aliphatic carbocycles. The molecule has 0 aromatic heterocycles. The fourth-order valence-electron chi connectivity index (χ4n) is 3.38. The smallest absolute Gasteiger partial charge is 0.223 e. The SMILES string of the molecule is CC1CCCN(C(C)(C)CNC(=O)C2CCNCC2)C1.Cl. The van der Waals surface area contributed by atoms with Gasteiger partial charge < -0.3 is 10.6 Å². The molecule has 1 unspecified atom stereocenters. The topological polar surface area (TPSA) is 44.4 Å². The molecule has 5 heteroatoms. The van der Waals surface area contributed by atoms with E-state index in [4.69, 9.17) is 0 Å². The Morgan fingerprint density at radius 1 is 1.29 bits per heavy atom. The summed E-state index contributed by atoms with van der Waals surface area (Å²) in [6.07, 6.45) is 4.58. The molecular weight excluding hydrogens is 286 g/mol. The molecule has 0 aromatic rings. The number of piperidine rings is 2. The number of hydrogen-bond acceptors (Lipinski definition) is 3. The minimum Gasteiger partial charge on any atom is -0.354 e. The fraction of sp³-hybridized carbons (Fsp3) is 0.938. The molecule has 2 aliphatic rings. The van der Waals surface area contributed by atoms with Gasteiger partial charge in [-0.2, -0.15) is 0 Å². The van der Waals surface area contributed by atoms with E-state index in [-0.39, 0.29) is 29.8 Å². The average Bonchev–Trinajstić information content (AvgIpc) is 2.46. The Balaban J connectivity index is 0.00000220. The molecule has 0 saturated carbocycles. The van der Waals surface area contributed by atoms with Crippen molar-refractivity contribution < 1.29 is 4.79 Å². The normalized spacial score (nSPS) is 25.2. The van der Waals surface area contributed by atoms with E-state index in [1.807, 2.05) is 0 Å². The maximum atomic E-state index is 12.2. The number of halogens is 1. The molecule has 0 bridgehead atoms. The molecule has 4 nitrogen and oxygen atoms in total. The van der Waals surface area contributed by atoms with Crippen molar-refractivity contribution >= 4 is 18.3 Å². The van der Waals surface area contributed by atoms with Gasteiger partial charge in [-0.05, 0) is 65.1 Å². The second kappa shape index (κ2) is 8.35. The molecule has 2 fully saturated rings. The number of rotatable bonds is 4. The fourth-order valence-corrected chi connectivity index (χ4v) is 3.38. The predicted molar refractivity (Wildman–Crippen MR) is 89.9 cm³/mol. The molecule has 0 spiro atoms. The van der Waals surface area contributed by atoms with Gasteiger partial charge in [-0.15, -0.1) is 12.4 Å². The van der Waals surface area contributed by atoms with Crippen LogP contribution in [0, 0.1) is 11.8 Å². The van der Waals surface area contributed by atoms with Crippen LogP contribution in [0.2, 0.25) is 0 Å². The summed E-state index contributed by atoms with van der Waals surface area (Å²) in [5.74, 6) is 1.25. The van der Waals surface area contributed by atoms with Crippen LogP contribution in [0.4, 0.5) is 0 Å². The summed E-state index contributed by atoms with van der Waals surface area (Å²) >= 11 is 0. The molecule has 2 rings (SSSR count). The Bertz CT molecular complexity index is 329. The highest BCUT2D eigenvalue weighted by molar-refractivity contribution is 5.85. The molecule has 2 saturated heterocycles. The van der Waals surface area contributed by atoms with Crippen LogP contribution in [0.1, 0.15) is 46.5 Å². The van der Waals surface area contributed by atoms with Crippen molar-refractivity contribution in [1.29, 1.82) is 0 Å². The van der Waals surface area contributed by atoms with Crippen LogP contribution in [-0.2, 0) is 4.79 Å². The van der Waals surface area contributed by atoms with Crippen LogP contribution in [0.25, 0.3) is 0 Å². The van der Waals surface area contributed by atoms with Crippen molar-refractivity contribution in [3.8, 4) is 0 Å². The molecule has 2 aliphatic heterocycles. The maximum Gasteiger partial charge on any atom is 0.223 e. The number of carbonyl (C=O) groups excluding carboxylic acids is 1. The third-order valence-electron chi connectivity index (χ3n) is 4.92. The van der Waals surface area contributed by atoms with E-state index in [9.17, 15) is 4.79 Å². The van der Waals surface area contributed by atoms with Crippen molar-refractivity contribution in [2.45, 2.75) is 52.0 Å². The molecular formula is C16H32ClN3O. The standard InChI is InChI=1S/C16H31N3O.ClH/c1-13-5-4-10-19(11-13)16(2,3)12-18-15(20)14-6-8-17-9-7-14;/h13-14,17H,4-12H2,1-3H3,(H,18,20);1H. The average molecular weight is 318 g/mol. The first-order chi connectivity index (χ1) is 9.49. The van der Waals surface area contributed by atoms with Gasteiger partial charge in [0.05, 0.1) is 0 Å². The number of nitrogens with zero attached hydrogens (tertiary/aromatic N) is 1. The van der Waals surface area contributed by atoms with Gasteiger partial charge in [-0.1, -0.05) is 6.92 Å². The Morgan fingerprint density at radius 2 is 1.95 bits per heavy atom. The highest BCUT2D eigenvalue weighted by Gasteiger charge is 2.31. The summed E-state index contributed by atoms with van der Waals surface area (Å²) in [5.41, 5.74) is 0.0667. The molecule has 21 heavy (non-hydrogen) atoms. The van der Waals surface area contributed by atoms with E-state index in [0.29, 0.717) is 0 Å². The van der Waals surface area contributed by atoms with Crippen LogP contribution in [0.5, 0.6) is 0 Å². The van der Waals surface area contributed by atoms with Crippen LogP contribution >= 0.6 is 12.4 Å². The zero-order valence-corrected chi connectivity index (χ0v) is 14.6. The second-order valence-corrected chi connectivity index (χ2v) is 7.25. The van der Waals surface area contributed by atoms with Crippen LogP contribution in [-0.4, -0.2) is 49.1 Å². The van der Waals surface area contributed by atoms with Gasteiger partial charge >= 0.3 is 0 Å². The Morgan fingerprint density at radius 3 is 2.57 bits per heavy atom. The first-order valence-corrected chi connectivity index (χ1v) is 8.22. The van der Waals surface area contributed by atoms with E-state index >= 15 is 0 Å². The van der Waals surface area contributed by atoms with Crippen molar-refractivity contribution in [2.24, 2.45) is 11.8 Å². The Kier molecular flexibility index (Phi) is 7.45. The van der Waals surface area contributed by atoms with Gasteiger partial charge in [0.25, 0.3) is 0 Å². The molecule has 1 amide bonds. The van der Waals surface area contributed by atoms with Gasteiger partial charge in [0.1, 0.15) is 0 Å². The van der Waals surface area contributed by atoms with E-state index in [1.165, 1.54) is 19.4 Å². The number of hydrogen-bond donors (Lipinski definition) is 2. The summed E-state index contributed by atoms with van der Waals surface area (Å²) in [4.78, 5) is 14.8. The zero-order chi connectivity index (χ0) is 14.6. The number of nitrogens with one attached hydrogen (secondary N) is 2. The van der Waals surface area contributed by atoms with Crippen LogP contribution < -0.4 is 10.6 Å². The Labute approximate surface area is 135 Å². The second-order valence-electron chi connectivity index (χ2n) is 7.25. The van der Waals surface area contributed by atoms with Crippen LogP contribution in [0.15, 0.2) is 0 Å².